The fourth-order valence-corrected chi connectivity index (χ4v) is 2.88. The number of hydrogen-bond donors (Lipinski definition) is 0. The number of halogens is 1. The van der Waals surface area contributed by atoms with Gasteiger partial charge in [0.1, 0.15) is 5.82 Å². The summed E-state index contributed by atoms with van der Waals surface area (Å²) in [5, 5.41) is 11.1. The molecule has 0 N–H and O–H groups in total. The van der Waals surface area contributed by atoms with Gasteiger partial charge in [-0.3, -0.25) is 24.3 Å². The second kappa shape index (κ2) is 4.54. The second-order valence-electron chi connectivity index (χ2n) is 5.43. The highest BCUT2D eigenvalue weighted by atomic mass is 19.1. The van der Waals surface area contributed by atoms with Gasteiger partial charge in [0.25, 0.3) is 11.2 Å². The van der Waals surface area contributed by atoms with Crippen LogP contribution in [-0.4, -0.2) is 20.3 Å². The molecule has 2 aromatic carbocycles. The van der Waals surface area contributed by atoms with Crippen molar-refractivity contribution in [2.75, 3.05) is 0 Å². The summed E-state index contributed by atoms with van der Waals surface area (Å²) >= 11 is 0. The smallest absolute Gasteiger partial charge is 0.270 e. The molecule has 0 radical (unpaired) electrons. The van der Waals surface area contributed by atoms with Crippen molar-refractivity contribution < 1.29 is 14.1 Å². The lowest BCUT2D eigenvalue weighted by Crippen LogP contribution is -2.22. The molecule has 1 aliphatic heterocycles. The van der Waals surface area contributed by atoms with E-state index in [0.29, 0.717) is 0 Å². The van der Waals surface area contributed by atoms with E-state index in [4.69, 9.17) is 0 Å². The van der Waals surface area contributed by atoms with Crippen molar-refractivity contribution >= 4 is 22.4 Å². The van der Waals surface area contributed by atoms with Gasteiger partial charge in [-0.1, -0.05) is 0 Å². The van der Waals surface area contributed by atoms with Crippen LogP contribution in [0.5, 0.6) is 0 Å². The van der Waals surface area contributed by atoms with E-state index in [1.165, 1.54) is 31.2 Å². The molecule has 0 saturated heterocycles. The van der Waals surface area contributed by atoms with Crippen LogP contribution in [0.2, 0.25) is 0 Å². The van der Waals surface area contributed by atoms with Crippen LogP contribution in [0.4, 0.5) is 10.1 Å². The van der Waals surface area contributed by atoms with E-state index in [1.54, 1.807) is 0 Å². The molecule has 3 aromatic rings. The van der Waals surface area contributed by atoms with Gasteiger partial charge >= 0.3 is 0 Å². The number of hydrogen-bond acceptors (Lipinski definition) is 5. The Balaban J connectivity index is 2.11. The van der Waals surface area contributed by atoms with E-state index in [-0.39, 0.29) is 39.2 Å². The van der Waals surface area contributed by atoms with Gasteiger partial charge in [-0.2, -0.15) is 0 Å². The summed E-state index contributed by atoms with van der Waals surface area (Å²) in [4.78, 5) is 39.7. The molecule has 2 heterocycles. The van der Waals surface area contributed by atoms with Crippen molar-refractivity contribution in [2.24, 2.45) is 0 Å². The largest absolute Gasteiger partial charge is 0.285 e. The number of aryl methyl sites for hydroxylation is 1. The van der Waals surface area contributed by atoms with Gasteiger partial charge in [0, 0.05) is 17.7 Å². The van der Waals surface area contributed by atoms with Crippen molar-refractivity contribution in [2.45, 2.75) is 6.92 Å². The van der Waals surface area contributed by atoms with Crippen molar-refractivity contribution in [3.8, 4) is 5.69 Å². The highest BCUT2D eigenvalue weighted by Gasteiger charge is 2.32. The van der Waals surface area contributed by atoms with E-state index >= 15 is 0 Å². The van der Waals surface area contributed by atoms with E-state index in [2.05, 4.69) is 4.98 Å². The summed E-state index contributed by atoms with van der Waals surface area (Å²) in [7, 11) is 0. The molecule has 0 spiro atoms. The molecule has 1 aromatic heterocycles. The number of nitrogens with zero attached hydrogens (tertiary/aromatic N) is 3. The van der Waals surface area contributed by atoms with Gasteiger partial charge < -0.3 is 0 Å². The Hall–Kier alpha value is -3.42. The predicted molar refractivity (Wildman–Crippen MR) is 82.1 cm³/mol. The lowest BCUT2D eigenvalue weighted by atomic mass is 10.1. The lowest BCUT2D eigenvalue weighted by Gasteiger charge is -2.07. The van der Waals surface area contributed by atoms with Gasteiger partial charge in [0.05, 0.1) is 27.1 Å². The standard InChI is InChI=1S/C16H8FN3O4/c1-7-11(17)4-3-9-13(7)18-15-14(21)10-6-8(20(23)24)2-5-12(10)19(15)16(9)22/h2-6H,1H3. The number of benzene rings is 2. The van der Waals surface area contributed by atoms with Gasteiger partial charge in [0.2, 0.25) is 5.78 Å². The zero-order valence-corrected chi connectivity index (χ0v) is 12.2. The summed E-state index contributed by atoms with van der Waals surface area (Å²) in [5.41, 5.74) is -0.220. The molecule has 0 aliphatic carbocycles. The minimum atomic E-state index is -0.622. The first-order valence-corrected chi connectivity index (χ1v) is 6.95. The average Bonchev–Trinajstić information content (AvgIpc) is 2.84. The Kier molecular flexibility index (Phi) is 2.69. The molecule has 1 aliphatic rings. The predicted octanol–water partition coefficient (Wildman–Crippen LogP) is 2.29. The van der Waals surface area contributed by atoms with Crippen molar-refractivity contribution in [1.82, 2.24) is 9.55 Å². The summed E-state index contributed by atoms with van der Waals surface area (Å²) < 4.78 is 14.8. The fraction of sp³-hybridized carbons (Fsp3) is 0.0625. The Morgan fingerprint density at radius 3 is 2.67 bits per heavy atom. The fourth-order valence-electron chi connectivity index (χ4n) is 2.88. The third kappa shape index (κ3) is 1.67. The molecule has 0 bridgehead atoms. The van der Waals surface area contributed by atoms with Crippen LogP contribution in [0, 0.1) is 22.9 Å². The minimum Gasteiger partial charge on any atom is -0.285 e. The lowest BCUT2D eigenvalue weighted by molar-refractivity contribution is -0.384. The van der Waals surface area contributed by atoms with Gasteiger partial charge in [0.15, 0.2) is 5.82 Å². The zero-order chi connectivity index (χ0) is 17.2. The number of non-ortho nitro benzene ring substituents is 1. The summed E-state index contributed by atoms with van der Waals surface area (Å²) in [5.74, 6) is -1.30. The van der Waals surface area contributed by atoms with Crippen LogP contribution >= 0.6 is 0 Å². The number of nitro groups is 1. The maximum atomic E-state index is 13.7. The second-order valence-corrected chi connectivity index (χ2v) is 5.43. The Morgan fingerprint density at radius 1 is 1.21 bits per heavy atom. The molecule has 118 valence electrons. The summed E-state index contributed by atoms with van der Waals surface area (Å²) in [6.45, 7) is 1.47. The van der Waals surface area contributed by atoms with Crippen molar-refractivity contribution in [3.63, 3.8) is 0 Å². The molecule has 0 fully saturated rings. The highest BCUT2D eigenvalue weighted by Crippen LogP contribution is 2.30. The van der Waals surface area contributed by atoms with Gasteiger partial charge in [-0.15, -0.1) is 0 Å². The SMILES string of the molecule is Cc1c(F)ccc2c(=O)n3c(nc12)C(=O)c1cc([N+](=O)[O-])ccc1-3. The van der Waals surface area contributed by atoms with Gasteiger partial charge in [-0.05, 0) is 25.1 Å². The maximum Gasteiger partial charge on any atom is 0.270 e. The third-order valence-electron chi connectivity index (χ3n) is 4.11. The molecule has 0 amide bonds. The molecule has 0 unspecified atom stereocenters. The molecular weight excluding hydrogens is 317 g/mol. The van der Waals surface area contributed by atoms with Crippen LogP contribution in [-0.2, 0) is 0 Å². The molecule has 24 heavy (non-hydrogen) atoms. The monoisotopic (exact) mass is 325 g/mol. The molecule has 0 saturated carbocycles. The van der Waals surface area contributed by atoms with E-state index < -0.39 is 22.1 Å². The molecule has 4 rings (SSSR count). The molecular formula is C16H8FN3O4. The number of carbonyl (C=O) groups excluding carboxylic acids is 1. The van der Waals surface area contributed by atoms with Crippen LogP contribution in [0.15, 0.2) is 35.1 Å². The Labute approximate surface area is 133 Å². The number of rotatable bonds is 1. The number of ketones is 1. The van der Waals surface area contributed by atoms with Crippen LogP contribution < -0.4 is 5.56 Å². The zero-order valence-electron chi connectivity index (χ0n) is 12.2. The molecule has 0 atom stereocenters. The van der Waals surface area contributed by atoms with Gasteiger partial charge in [-0.25, -0.2) is 9.37 Å². The first kappa shape index (κ1) is 14.2. The Morgan fingerprint density at radius 2 is 1.96 bits per heavy atom. The first-order valence-electron chi connectivity index (χ1n) is 6.95. The molecule has 8 heteroatoms. The van der Waals surface area contributed by atoms with Crippen molar-refractivity contribution in [1.29, 1.82) is 0 Å². The van der Waals surface area contributed by atoms with Crippen LogP contribution in [0.1, 0.15) is 21.7 Å². The number of carbonyl (C=O) groups is 1. The van der Waals surface area contributed by atoms with Crippen LogP contribution in [0.3, 0.4) is 0 Å². The number of nitro benzene ring substituents is 1. The maximum absolute atomic E-state index is 13.7. The topological polar surface area (TPSA) is 95.1 Å². The minimum absolute atomic E-state index is 0.0298. The van der Waals surface area contributed by atoms with Crippen molar-refractivity contribution in [3.05, 3.63) is 73.6 Å². The average molecular weight is 325 g/mol. The molecule has 7 nitrogen and oxygen atoms in total. The van der Waals surface area contributed by atoms with Crippen LogP contribution in [0.25, 0.3) is 16.6 Å². The van der Waals surface area contributed by atoms with E-state index in [0.717, 1.165) is 10.6 Å². The number of aromatic nitrogens is 2. The summed E-state index contributed by atoms with van der Waals surface area (Å²) in [6.07, 6.45) is 0. The quantitative estimate of drug-likeness (QED) is 0.395. The van der Waals surface area contributed by atoms with E-state index in [1.807, 2.05) is 0 Å². The van der Waals surface area contributed by atoms with E-state index in [9.17, 15) is 24.1 Å². The third-order valence-corrected chi connectivity index (χ3v) is 4.11. The first-order chi connectivity index (χ1) is 11.4. The Bertz CT molecular complexity index is 1150. The highest BCUT2D eigenvalue weighted by molar-refractivity contribution is 6.13. The number of fused-ring (bicyclic) bond motifs is 4. The normalized spacial score (nSPS) is 12.3. The summed E-state index contributed by atoms with van der Waals surface area (Å²) in [6, 6.07) is 6.15.